The highest BCUT2D eigenvalue weighted by atomic mass is 32.2. The molecule has 0 radical (unpaired) electrons. The molecule has 5 nitrogen and oxygen atoms in total. The second kappa shape index (κ2) is 7.72. The van der Waals surface area contributed by atoms with Gasteiger partial charge >= 0.3 is 0 Å². The van der Waals surface area contributed by atoms with Gasteiger partial charge in [-0.2, -0.15) is 0 Å². The van der Waals surface area contributed by atoms with Gasteiger partial charge in [0.25, 0.3) is 11.8 Å². The van der Waals surface area contributed by atoms with Gasteiger partial charge in [-0.15, -0.1) is 11.8 Å². The number of thioether (sulfide) groups is 1. The number of carbonyl (C=O) groups is 2. The summed E-state index contributed by atoms with van der Waals surface area (Å²) in [5.74, 6) is -0.146. The highest BCUT2D eigenvalue weighted by Gasteiger charge is 2.40. The number of amides is 2. The van der Waals surface area contributed by atoms with Crippen LogP contribution in [0.15, 0.2) is 23.1 Å². The lowest BCUT2D eigenvalue weighted by Crippen LogP contribution is -2.37. The van der Waals surface area contributed by atoms with Crippen LogP contribution in [0.2, 0.25) is 0 Å². The summed E-state index contributed by atoms with van der Waals surface area (Å²) in [5, 5.41) is 9.14. The van der Waals surface area contributed by atoms with Gasteiger partial charge in [-0.3, -0.25) is 14.5 Å². The lowest BCUT2D eigenvalue weighted by molar-refractivity contribution is -0.138. The third-order valence-electron chi connectivity index (χ3n) is 4.67. The number of aliphatic hydroxyl groups excluding tert-OH is 1. The maximum absolute atomic E-state index is 13.0. The Kier molecular flexibility index (Phi) is 5.61. The highest BCUT2D eigenvalue weighted by molar-refractivity contribution is 8.04. The van der Waals surface area contributed by atoms with Crippen molar-refractivity contribution in [3.05, 3.63) is 39.8 Å². The first-order valence-corrected chi connectivity index (χ1v) is 9.55. The van der Waals surface area contributed by atoms with Crippen molar-refractivity contribution in [2.24, 2.45) is 0 Å². The van der Waals surface area contributed by atoms with Crippen LogP contribution in [-0.2, 0) is 14.3 Å². The van der Waals surface area contributed by atoms with Gasteiger partial charge in [-0.05, 0) is 43.4 Å². The SMILES string of the molecule is Cc1ccc(C2=C(SCCO)C(=O)N(CC3CCCO3)C2=O)cc1C. The molecule has 1 atom stereocenters. The average molecular weight is 361 g/mol. The van der Waals surface area contributed by atoms with Gasteiger partial charge < -0.3 is 9.84 Å². The molecule has 0 saturated carbocycles. The number of carbonyl (C=O) groups excluding carboxylic acids is 2. The molecule has 1 unspecified atom stereocenters. The zero-order valence-electron chi connectivity index (χ0n) is 14.6. The Morgan fingerprint density at radius 3 is 2.68 bits per heavy atom. The quantitative estimate of drug-likeness (QED) is 0.788. The molecule has 2 amide bonds. The van der Waals surface area contributed by atoms with Crippen LogP contribution in [0.25, 0.3) is 5.57 Å². The van der Waals surface area contributed by atoms with Crippen LogP contribution in [0.4, 0.5) is 0 Å². The Hall–Kier alpha value is -1.63. The van der Waals surface area contributed by atoms with E-state index in [1.54, 1.807) is 0 Å². The molecule has 0 bridgehead atoms. The van der Waals surface area contributed by atoms with Crippen LogP contribution in [-0.4, -0.2) is 53.4 Å². The number of nitrogens with zero attached hydrogens (tertiary/aromatic N) is 1. The largest absolute Gasteiger partial charge is 0.396 e. The van der Waals surface area contributed by atoms with E-state index < -0.39 is 0 Å². The van der Waals surface area contributed by atoms with E-state index in [0.29, 0.717) is 29.4 Å². The first-order valence-electron chi connectivity index (χ1n) is 8.56. The molecule has 0 spiro atoms. The van der Waals surface area contributed by atoms with E-state index in [-0.39, 0.29) is 24.5 Å². The summed E-state index contributed by atoms with van der Waals surface area (Å²) in [4.78, 5) is 27.6. The number of benzene rings is 1. The van der Waals surface area contributed by atoms with Gasteiger partial charge in [-0.25, -0.2) is 0 Å². The van der Waals surface area contributed by atoms with Crippen LogP contribution < -0.4 is 0 Å². The summed E-state index contributed by atoms with van der Waals surface area (Å²) in [5.41, 5.74) is 3.43. The van der Waals surface area contributed by atoms with Crippen molar-refractivity contribution < 1.29 is 19.4 Å². The van der Waals surface area contributed by atoms with Crippen molar-refractivity contribution in [3.63, 3.8) is 0 Å². The van der Waals surface area contributed by atoms with Crippen molar-refractivity contribution in [2.45, 2.75) is 32.8 Å². The fourth-order valence-electron chi connectivity index (χ4n) is 3.14. The molecule has 6 heteroatoms. The lowest BCUT2D eigenvalue weighted by atomic mass is 10.0. The number of aryl methyl sites for hydroxylation is 2. The predicted molar refractivity (Wildman–Crippen MR) is 98.1 cm³/mol. The fraction of sp³-hybridized carbons (Fsp3) is 0.474. The Morgan fingerprint density at radius 1 is 1.24 bits per heavy atom. The predicted octanol–water partition coefficient (Wildman–Crippen LogP) is 2.29. The average Bonchev–Trinajstić information content (AvgIpc) is 3.18. The van der Waals surface area contributed by atoms with Crippen molar-refractivity contribution in [1.29, 1.82) is 0 Å². The number of hydrogen-bond donors (Lipinski definition) is 1. The van der Waals surface area contributed by atoms with E-state index in [1.807, 2.05) is 32.0 Å². The monoisotopic (exact) mass is 361 g/mol. The second-order valence-electron chi connectivity index (χ2n) is 6.43. The van der Waals surface area contributed by atoms with Gasteiger partial charge in [0.2, 0.25) is 0 Å². The molecular formula is C19H23NO4S. The van der Waals surface area contributed by atoms with E-state index in [0.717, 1.165) is 29.5 Å². The molecule has 1 fully saturated rings. The van der Waals surface area contributed by atoms with Crippen LogP contribution in [0.5, 0.6) is 0 Å². The Balaban J connectivity index is 1.94. The van der Waals surface area contributed by atoms with E-state index in [9.17, 15) is 9.59 Å². The van der Waals surface area contributed by atoms with Gasteiger partial charge in [0.15, 0.2) is 0 Å². The topological polar surface area (TPSA) is 66.8 Å². The minimum atomic E-state index is -0.271. The third kappa shape index (κ3) is 3.66. The fourth-order valence-corrected chi connectivity index (χ4v) is 4.02. The van der Waals surface area contributed by atoms with Crippen LogP contribution in [0.1, 0.15) is 29.5 Å². The summed E-state index contributed by atoms with van der Waals surface area (Å²) in [6.07, 6.45) is 1.76. The van der Waals surface area contributed by atoms with Crippen LogP contribution in [0, 0.1) is 13.8 Å². The highest BCUT2D eigenvalue weighted by Crippen LogP contribution is 2.37. The van der Waals surface area contributed by atoms with Crippen LogP contribution in [0.3, 0.4) is 0 Å². The molecule has 1 N–H and O–H groups in total. The second-order valence-corrected chi connectivity index (χ2v) is 7.54. The van der Waals surface area contributed by atoms with Crippen molar-refractivity contribution in [1.82, 2.24) is 4.90 Å². The molecule has 1 aromatic rings. The summed E-state index contributed by atoms with van der Waals surface area (Å²) in [6, 6.07) is 5.80. The summed E-state index contributed by atoms with van der Waals surface area (Å²) in [6.45, 7) is 4.95. The standard InChI is InChI=1S/C19H23NO4S/c1-12-5-6-14(10-13(12)2)16-17(25-9-7-21)19(23)20(18(16)22)11-15-4-3-8-24-15/h5-6,10,15,21H,3-4,7-9,11H2,1-2H3. The molecule has 2 aliphatic heterocycles. The Morgan fingerprint density at radius 2 is 2.04 bits per heavy atom. The molecule has 2 aliphatic rings. The summed E-state index contributed by atoms with van der Waals surface area (Å²) >= 11 is 1.25. The first-order chi connectivity index (χ1) is 12.0. The number of rotatable bonds is 6. The normalized spacial score (nSPS) is 20.9. The molecule has 2 heterocycles. The molecule has 0 aliphatic carbocycles. The Bertz CT molecular complexity index is 722. The van der Waals surface area contributed by atoms with E-state index in [2.05, 4.69) is 0 Å². The molecule has 1 saturated heterocycles. The molecular weight excluding hydrogens is 338 g/mol. The van der Waals surface area contributed by atoms with E-state index in [4.69, 9.17) is 9.84 Å². The number of aliphatic hydroxyl groups is 1. The smallest absolute Gasteiger partial charge is 0.268 e. The van der Waals surface area contributed by atoms with Gasteiger partial charge in [0.1, 0.15) is 0 Å². The number of ether oxygens (including phenoxy) is 1. The first kappa shape index (κ1) is 18.2. The Labute approximate surface area is 152 Å². The molecule has 0 aromatic heterocycles. The van der Waals surface area contributed by atoms with Crippen molar-refractivity contribution in [3.8, 4) is 0 Å². The summed E-state index contributed by atoms with van der Waals surface area (Å²) < 4.78 is 5.59. The molecule has 134 valence electrons. The number of hydrogen-bond acceptors (Lipinski definition) is 5. The van der Waals surface area contributed by atoms with E-state index >= 15 is 0 Å². The molecule has 1 aromatic carbocycles. The summed E-state index contributed by atoms with van der Waals surface area (Å²) in [7, 11) is 0. The van der Waals surface area contributed by atoms with E-state index in [1.165, 1.54) is 16.7 Å². The zero-order valence-corrected chi connectivity index (χ0v) is 15.4. The van der Waals surface area contributed by atoms with Gasteiger partial charge in [-0.1, -0.05) is 18.2 Å². The minimum Gasteiger partial charge on any atom is -0.396 e. The molecule has 3 rings (SSSR count). The number of imide groups is 1. The van der Waals surface area contributed by atoms with Crippen molar-refractivity contribution >= 4 is 29.1 Å². The lowest BCUT2D eigenvalue weighted by Gasteiger charge is -2.19. The van der Waals surface area contributed by atoms with Crippen molar-refractivity contribution in [2.75, 3.05) is 25.5 Å². The maximum atomic E-state index is 13.0. The zero-order chi connectivity index (χ0) is 18.0. The molecule has 25 heavy (non-hydrogen) atoms. The maximum Gasteiger partial charge on any atom is 0.268 e. The third-order valence-corrected chi connectivity index (χ3v) is 5.72. The van der Waals surface area contributed by atoms with Gasteiger partial charge in [0, 0.05) is 12.4 Å². The van der Waals surface area contributed by atoms with Crippen LogP contribution >= 0.6 is 11.8 Å². The minimum absolute atomic E-state index is 0.0401. The van der Waals surface area contributed by atoms with Gasteiger partial charge in [0.05, 0.1) is 29.7 Å².